The van der Waals surface area contributed by atoms with E-state index in [4.69, 9.17) is 0 Å². The molecule has 0 unspecified atom stereocenters. The van der Waals surface area contributed by atoms with E-state index >= 15 is 0 Å². The van der Waals surface area contributed by atoms with Gasteiger partial charge >= 0.3 is 0 Å². The van der Waals surface area contributed by atoms with E-state index in [1.165, 1.54) is 19.8 Å². The molecule has 0 bridgehead atoms. The van der Waals surface area contributed by atoms with Gasteiger partial charge in [-0.15, -0.1) is 44.2 Å². The molecule has 0 N–H and O–H groups in total. The van der Waals surface area contributed by atoms with Gasteiger partial charge in [0.1, 0.15) is 10.0 Å². The van der Waals surface area contributed by atoms with Gasteiger partial charge in [0.25, 0.3) is 0 Å². The fraction of sp³-hybridized carbons (Fsp3) is 0.750. The van der Waals surface area contributed by atoms with Gasteiger partial charge in [0, 0.05) is 43.8 Å². The minimum atomic E-state index is 0.126. The first-order valence-electron chi connectivity index (χ1n) is 13.9. The summed E-state index contributed by atoms with van der Waals surface area (Å²) < 4.78 is 0. The van der Waals surface area contributed by atoms with Crippen LogP contribution in [0, 0.1) is 0 Å². The molecule has 0 aliphatic heterocycles. The highest BCUT2D eigenvalue weighted by molar-refractivity contribution is 7.12. The van der Waals surface area contributed by atoms with Crippen molar-refractivity contribution in [1.82, 2.24) is 20.2 Å². The Balaban J connectivity index is 0.000000292. The quantitative estimate of drug-likeness (QED) is 0.260. The molecular formula is C32H56N4S3. The van der Waals surface area contributed by atoms with Gasteiger partial charge in [-0.1, -0.05) is 125 Å². The lowest BCUT2D eigenvalue weighted by Gasteiger charge is -2.16. The third-order valence-electron chi connectivity index (χ3n) is 5.48. The standard InChI is InChI=1S/2C11H19NS.C10H18N2S/c2*1-10(2,3)8-7-12-9(13-8)11(4,5)6;1-9(2,3)7-11-12-8(13-7)10(4,5)6/h2*7H,1-6H3;1-6H3. The lowest BCUT2D eigenvalue weighted by molar-refractivity contribution is 0.563. The molecule has 3 aromatic rings. The topological polar surface area (TPSA) is 51.6 Å². The van der Waals surface area contributed by atoms with Gasteiger partial charge < -0.3 is 0 Å². The number of rotatable bonds is 0. The molecule has 0 saturated carbocycles. The van der Waals surface area contributed by atoms with Crippen LogP contribution in [0.2, 0.25) is 0 Å². The normalized spacial score (nSPS) is 13.4. The van der Waals surface area contributed by atoms with Crippen LogP contribution in [0.15, 0.2) is 12.4 Å². The molecule has 4 nitrogen and oxygen atoms in total. The Hall–Kier alpha value is -1.18. The predicted molar refractivity (Wildman–Crippen MR) is 176 cm³/mol. The first-order chi connectivity index (χ1) is 17.1. The van der Waals surface area contributed by atoms with Crippen molar-refractivity contribution < 1.29 is 0 Å². The van der Waals surface area contributed by atoms with Gasteiger partial charge in [-0.05, 0) is 10.8 Å². The van der Waals surface area contributed by atoms with Crippen molar-refractivity contribution in [2.75, 3.05) is 0 Å². The van der Waals surface area contributed by atoms with Gasteiger partial charge in [-0.25, -0.2) is 9.97 Å². The SMILES string of the molecule is CC(C)(C)c1cnc(C(C)(C)C)s1.CC(C)(C)c1cnc(C(C)(C)C)s1.CC(C)(C)c1nnc(C(C)(C)C)s1. The number of aromatic nitrogens is 4. The maximum atomic E-state index is 4.47. The van der Waals surface area contributed by atoms with E-state index in [9.17, 15) is 0 Å². The Morgan fingerprint density at radius 2 is 0.615 bits per heavy atom. The van der Waals surface area contributed by atoms with Crippen LogP contribution in [0.1, 0.15) is 154 Å². The fourth-order valence-electron chi connectivity index (χ4n) is 2.76. The van der Waals surface area contributed by atoms with Crippen molar-refractivity contribution in [3.05, 3.63) is 42.2 Å². The summed E-state index contributed by atoms with van der Waals surface area (Å²) in [6.45, 7) is 39.6. The molecule has 39 heavy (non-hydrogen) atoms. The molecule has 3 rings (SSSR count). The monoisotopic (exact) mass is 592 g/mol. The molecule has 7 heteroatoms. The molecular weight excluding hydrogens is 537 g/mol. The summed E-state index contributed by atoms with van der Waals surface area (Å²) in [6, 6.07) is 0. The number of nitrogens with zero attached hydrogens (tertiary/aromatic N) is 4. The summed E-state index contributed by atoms with van der Waals surface area (Å²) >= 11 is 5.40. The fourth-order valence-corrected chi connectivity index (χ4v) is 5.79. The van der Waals surface area contributed by atoms with Crippen LogP contribution in [0.25, 0.3) is 0 Å². The summed E-state index contributed by atoms with van der Waals surface area (Å²) in [7, 11) is 0. The summed E-state index contributed by atoms with van der Waals surface area (Å²) in [6.07, 6.45) is 4.04. The molecule has 0 aliphatic carbocycles. The largest absolute Gasteiger partial charge is 0.249 e. The zero-order chi connectivity index (χ0) is 30.8. The highest BCUT2D eigenvalue weighted by Crippen LogP contribution is 2.34. The maximum absolute atomic E-state index is 4.47. The van der Waals surface area contributed by atoms with Gasteiger partial charge in [-0.2, -0.15) is 0 Å². The first kappa shape index (κ1) is 35.8. The second-order valence-electron chi connectivity index (χ2n) is 16.5. The molecule has 0 atom stereocenters. The van der Waals surface area contributed by atoms with Crippen molar-refractivity contribution in [3.8, 4) is 0 Å². The summed E-state index contributed by atoms with van der Waals surface area (Å²) in [5.41, 5.74) is 1.10. The highest BCUT2D eigenvalue weighted by atomic mass is 32.1. The van der Waals surface area contributed by atoms with E-state index in [1.54, 1.807) is 11.3 Å². The molecule has 0 spiro atoms. The lowest BCUT2D eigenvalue weighted by Crippen LogP contribution is -2.10. The first-order valence-corrected chi connectivity index (χ1v) is 16.4. The Morgan fingerprint density at radius 3 is 0.744 bits per heavy atom. The third-order valence-corrected chi connectivity index (χ3v) is 11.0. The Bertz CT molecular complexity index is 923. The number of hydrogen-bond acceptors (Lipinski definition) is 7. The smallest absolute Gasteiger partial charge is 0.122 e. The summed E-state index contributed by atoms with van der Waals surface area (Å²) in [4.78, 5) is 11.7. The van der Waals surface area contributed by atoms with Gasteiger partial charge in [0.2, 0.25) is 0 Å². The highest BCUT2D eigenvalue weighted by Gasteiger charge is 2.25. The van der Waals surface area contributed by atoms with E-state index in [2.05, 4.69) is 145 Å². The van der Waals surface area contributed by atoms with Crippen LogP contribution in [0.5, 0.6) is 0 Å². The van der Waals surface area contributed by atoms with Gasteiger partial charge in [0.05, 0.1) is 10.0 Å². The van der Waals surface area contributed by atoms with Crippen LogP contribution in [0.4, 0.5) is 0 Å². The zero-order valence-electron chi connectivity index (χ0n) is 28.2. The molecule has 0 radical (unpaired) electrons. The molecule has 3 heterocycles. The Labute approximate surface area is 252 Å². The molecule has 222 valence electrons. The van der Waals surface area contributed by atoms with Crippen LogP contribution in [-0.4, -0.2) is 20.2 Å². The molecule has 3 aromatic heterocycles. The predicted octanol–water partition coefficient (Wildman–Crippen LogP) is 10.6. The molecule has 0 saturated heterocycles. The molecule has 0 aliphatic rings. The maximum Gasteiger partial charge on any atom is 0.122 e. The van der Waals surface area contributed by atoms with Gasteiger partial charge in [-0.3, -0.25) is 0 Å². The van der Waals surface area contributed by atoms with Crippen LogP contribution >= 0.6 is 34.0 Å². The van der Waals surface area contributed by atoms with Crippen LogP contribution in [0.3, 0.4) is 0 Å². The molecule has 0 aromatic carbocycles. The zero-order valence-corrected chi connectivity index (χ0v) is 30.6. The summed E-state index contributed by atoms with van der Waals surface area (Å²) in [5, 5.41) is 13.2. The van der Waals surface area contributed by atoms with E-state index in [0.717, 1.165) is 10.0 Å². The van der Waals surface area contributed by atoms with Crippen molar-refractivity contribution in [3.63, 3.8) is 0 Å². The van der Waals surface area contributed by atoms with Crippen molar-refractivity contribution in [1.29, 1.82) is 0 Å². The summed E-state index contributed by atoms with van der Waals surface area (Å²) in [5.74, 6) is 0. The van der Waals surface area contributed by atoms with Gasteiger partial charge in [0.15, 0.2) is 0 Å². The average molecular weight is 593 g/mol. The van der Waals surface area contributed by atoms with Crippen LogP contribution < -0.4 is 0 Å². The Morgan fingerprint density at radius 1 is 0.359 bits per heavy atom. The third kappa shape index (κ3) is 11.7. The van der Waals surface area contributed by atoms with E-state index < -0.39 is 0 Å². The van der Waals surface area contributed by atoms with E-state index in [1.807, 2.05) is 35.1 Å². The number of thiazole rings is 2. The van der Waals surface area contributed by atoms with E-state index in [-0.39, 0.29) is 32.5 Å². The van der Waals surface area contributed by atoms with Crippen molar-refractivity contribution >= 4 is 34.0 Å². The van der Waals surface area contributed by atoms with E-state index in [0.29, 0.717) is 0 Å². The van der Waals surface area contributed by atoms with Crippen LogP contribution in [-0.2, 0) is 32.5 Å². The second-order valence-corrected chi connectivity index (χ2v) is 19.5. The minimum absolute atomic E-state index is 0.126. The second kappa shape index (κ2) is 12.4. The lowest BCUT2D eigenvalue weighted by atomic mass is 9.95. The average Bonchev–Trinajstić information content (AvgIpc) is 3.45. The molecule has 0 amide bonds. The Kier molecular flexibility index (Phi) is 11.4. The number of hydrogen-bond donors (Lipinski definition) is 0. The van der Waals surface area contributed by atoms with Crippen molar-refractivity contribution in [2.45, 2.75) is 157 Å². The molecule has 0 fully saturated rings. The van der Waals surface area contributed by atoms with Crippen molar-refractivity contribution in [2.24, 2.45) is 0 Å². The minimum Gasteiger partial charge on any atom is -0.249 e.